The lowest BCUT2D eigenvalue weighted by atomic mass is 10.1. The van der Waals surface area contributed by atoms with Gasteiger partial charge in [-0.3, -0.25) is 0 Å². The summed E-state index contributed by atoms with van der Waals surface area (Å²) in [6, 6.07) is 0.600. The van der Waals surface area contributed by atoms with Gasteiger partial charge in [-0.15, -0.1) is 0 Å². The molecular weight excluding hydrogens is 316 g/mol. The molecule has 0 unspecified atom stereocenters. The van der Waals surface area contributed by atoms with E-state index in [1.165, 1.54) is 38.5 Å². The van der Waals surface area contributed by atoms with Crippen LogP contribution in [0.25, 0.3) is 0 Å². The van der Waals surface area contributed by atoms with E-state index in [0.717, 1.165) is 29.1 Å². The minimum atomic E-state index is 0.600. The van der Waals surface area contributed by atoms with Crippen LogP contribution in [0.3, 0.4) is 0 Å². The zero-order chi connectivity index (χ0) is 14.4. The largest absolute Gasteiger partial charge is 0.369 e. The van der Waals surface area contributed by atoms with E-state index < -0.39 is 0 Å². The van der Waals surface area contributed by atoms with E-state index in [1.807, 2.05) is 0 Å². The standard InChI is InChI=1S/C15H25BrN4/c1-3-10-17-14-13(16)15(19-11-18-14)20(2)12-8-6-4-5-7-9-12/h11-12H,3-10H2,1-2H3,(H,17,18,19). The first kappa shape index (κ1) is 15.5. The molecule has 2 rings (SSSR count). The summed E-state index contributed by atoms with van der Waals surface area (Å²) in [5.74, 6) is 1.91. The predicted octanol–water partition coefficient (Wildman–Crippen LogP) is 4.22. The molecule has 1 aliphatic rings. The Morgan fingerprint density at radius 2 is 1.95 bits per heavy atom. The zero-order valence-electron chi connectivity index (χ0n) is 12.5. The van der Waals surface area contributed by atoms with Crippen molar-refractivity contribution in [2.75, 3.05) is 23.8 Å². The van der Waals surface area contributed by atoms with E-state index in [1.54, 1.807) is 6.33 Å². The number of hydrogen-bond donors (Lipinski definition) is 1. The number of anilines is 2. The third-order valence-electron chi connectivity index (χ3n) is 4.02. The average molecular weight is 341 g/mol. The number of aromatic nitrogens is 2. The first-order chi connectivity index (χ1) is 9.74. The highest BCUT2D eigenvalue weighted by Crippen LogP contribution is 2.32. The number of nitrogens with one attached hydrogen (secondary N) is 1. The molecule has 4 nitrogen and oxygen atoms in total. The van der Waals surface area contributed by atoms with Gasteiger partial charge in [-0.2, -0.15) is 0 Å². The highest BCUT2D eigenvalue weighted by Gasteiger charge is 2.21. The lowest BCUT2D eigenvalue weighted by molar-refractivity contribution is 0.548. The molecule has 1 saturated carbocycles. The molecule has 0 aliphatic heterocycles. The fourth-order valence-electron chi connectivity index (χ4n) is 2.79. The van der Waals surface area contributed by atoms with E-state index in [9.17, 15) is 0 Å². The maximum Gasteiger partial charge on any atom is 0.148 e. The van der Waals surface area contributed by atoms with Crippen molar-refractivity contribution in [2.24, 2.45) is 0 Å². The molecule has 1 aromatic rings. The van der Waals surface area contributed by atoms with E-state index in [2.05, 4.69) is 50.1 Å². The molecule has 1 aromatic heterocycles. The summed E-state index contributed by atoms with van der Waals surface area (Å²) in [7, 11) is 2.16. The topological polar surface area (TPSA) is 41.1 Å². The molecule has 0 aromatic carbocycles. The van der Waals surface area contributed by atoms with Gasteiger partial charge in [0.1, 0.15) is 22.4 Å². The molecule has 0 atom stereocenters. The minimum absolute atomic E-state index is 0.600. The zero-order valence-corrected chi connectivity index (χ0v) is 14.1. The predicted molar refractivity (Wildman–Crippen MR) is 88.4 cm³/mol. The molecule has 1 N–H and O–H groups in total. The SMILES string of the molecule is CCCNc1ncnc(N(C)C2CCCCCC2)c1Br. The minimum Gasteiger partial charge on any atom is -0.369 e. The quantitative estimate of drug-likeness (QED) is 0.814. The molecule has 0 bridgehead atoms. The average Bonchev–Trinajstić information content (AvgIpc) is 2.74. The van der Waals surface area contributed by atoms with Crippen LogP contribution in [0, 0.1) is 0 Å². The summed E-state index contributed by atoms with van der Waals surface area (Å²) in [6.45, 7) is 3.09. The van der Waals surface area contributed by atoms with Crippen molar-refractivity contribution in [3.05, 3.63) is 10.8 Å². The summed E-state index contributed by atoms with van der Waals surface area (Å²) in [5, 5.41) is 3.35. The van der Waals surface area contributed by atoms with Crippen molar-refractivity contribution in [3.63, 3.8) is 0 Å². The van der Waals surface area contributed by atoms with Gasteiger partial charge in [0.2, 0.25) is 0 Å². The summed E-state index contributed by atoms with van der Waals surface area (Å²) < 4.78 is 0.986. The van der Waals surface area contributed by atoms with Crippen LogP contribution < -0.4 is 10.2 Å². The normalized spacial score (nSPS) is 16.8. The Labute approximate surface area is 130 Å². The Morgan fingerprint density at radius 1 is 1.25 bits per heavy atom. The van der Waals surface area contributed by atoms with Crippen LogP contribution in [0.2, 0.25) is 0 Å². The molecule has 1 aliphatic carbocycles. The highest BCUT2D eigenvalue weighted by atomic mass is 79.9. The van der Waals surface area contributed by atoms with Crippen molar-refractivity contribution in [3.8, 4) is 0 Å². The molecule has 5 heteroatoms. The second kappa shape index (κ2) is 7.81. The molecule has 0 amide bonds. The van der Waals surface area contributed by atoms with Crippen LogP contribution in [0.1, 0.15) is 51.9 Å². The van der Waals surface area contributed by atoms with E-state index in [4.69, 9.17) is 0 Å². The Kier molecular flexibility index (Phi) is 6.07. The highest BCUT2D eigenvalue weighted by molar-refractivity contribution is 9.10. The summed E-state index contributed by atoms with van der Waals surface area (Å²) in [6.07, 6.45) is 10.7. The fraction of sp³-hybridized carbons (Fsp3) is 0.733. The summed E-state index contributed by atoms with van der Waals surface area (Å²) >= 11 is 3.67. The van der Waals surface area contributed by atoms with Gasteiger partial charge >= 0.3 is 0 Å². The van der Waals surface area contributed by atoms with Gasteiger partial charge in [0.05, 0.1) is 0 Å². The maximum atomic E-state index is 4.48. The molecule has 0 saturated heterocycles. The second-order valence-corrected chi connectivity index (χ2v) is 6.34. The lowest BCUT2D eigenvalue weighted by Crippen LogP contribution is -2.32. The van der Waals surface area contributed by atoms with Crippen LogP contribution in [-0.4, -0.2) is 29.6 Å². The van der Waals surface area contributed by atoms with Crippen molar-refractivity contribution < 1.29 is 0 Å². The van der Waals surface area contributed by atoms with Gasteiger partial charge < -0.3 is 10.2 Å². The number of nitrogens with zero attached hydrogens (tertiary/aromatic N) is 3. The Balaban J connectivity index is 2.13. The number of hydrogen-bond acceptors (Lipinski definition) is 4. The second-order valence-electron chi connectivity index (χ2n) is 5.54. The van der Waals surface area contributed by atoms with Gasteiger partial charge in [0, 0.05) is 19.6 Å². The molecule has 20 heavy (non-hydrogen) atoms. The summed E-state index contributed by atoms with van der Waals surface area (Å²) in [4.78, 5) is 11.1. The molecular formula is C15H25BrN4. The smallest absolute Gasteiger partial charge is 0.148 e. The van der Waals surface area contributed by atoms with Gasteiger partial charge in [0.25, 0.3) is 0 Å². The van der Waals surface area contributed by atoms with E-state index >= 15 is 0 Å². The van der Waals surface area contributed by atoms with Gasteiger partial charge in [-0.05, 0) is 35.2 Å². The Morgan fingerprint density at radius 3 is 2.60 bits per heavy atom. The summed E-state index contributed by atoms with van der Waals surface area (Å²) in [5.41, 5.74) is 0. The first-order valence-corrected chi connectivity index (χ1v) is 8.50. The molecule has 1 heterocycles. The van der Waals surface area contributed by atoms with Crippen molar-refractivity contribution in [1.82, 2.24) is 9.97 Å². The Hall–Kier alpha value is -0.840. The maximum absolute atomic E-state index is 4.48. The van der Waals surface area contributed by atoms with E-state index in [0.29, 0.717) is 6.04 Å². The van der Waals surface area contributed by atoms with Crippen molar-refractivity contribution in [1.29, 1.82) is 0 Å². The third kappa shape index (κ3) is 3.84. The van der Waals surface area contributed by atoms with E-state index in [-0.39, 0.29) is 0 Å². The van der Waals surface area contributed by atoms with Crippen LogP contribution >= 0.6 is 15.9 Å². The molecule has 0 radical (unpaired) electrons. The monoisotopic (exact) mass is 340 g/mol. The van der Waals surface area contributed by atoms with Gasteiger partial charge in [-0.25, -0.2) is 9.97 Å². The molecule has 0 spiro atoms. The van der Waals surface area contributed by atoms with Crippen molar-refractivity contribution >= 4 is 27.6 Å². The molecule has 1 fully saturated rings. The van der Waals surface area contributed by atoms with Crippen LogP contribution in [-0.2, 0) is 0 Å². The van der Waals surface area contributed by atoms with Crippen LogP contribution in [0.5, 0.6) is 0 Å². The first-order valence-electron chi connectivity index (χ1n) is 7.71. The van der Waals surface area contributed by atoms with Crippen LogP contribution in [0.4, 0.5) is 11.6 Å². The van der Waals surface area contributed by atoms with Gasteiger partial charge in [0.15, 0.2) is 0 Å². The third-order valence-corrected chi connectivity index (χ3v) is 4.75. The Bertz CT molecular complexity index is 416. The van der Waals surface area contributed by atoms with Gasteiger partial charge in [-0.1, -0.05) is 32.6 Å². The fourth-order valence-corrected chi connectivity index (χ4v) is 3.42. The molecule has 112 valence electrons. The number of halogens is 1. The van der Waals surface area contributed by atoms with Crippen molar-refractivity contribution in [2.45, 2.75) is 57.9 Å². The van der Waals surface area contributed by atoms with Crippen LogP contribution in [0.15, 0.2) is 10.8 Å². The lowest BCUT2D eigenvalue weighted by Gasteiger charge is -2.29. The number of rotatable bonds is 5.